The van der Waals surface area contributed by atoms with Crippen molar-refractivity contribution >= 4 is 29.8 Å². The lowest BCUT2D eigenvalue weighted by molar-refractivity contribution is -0.164. The van der Waals surface area contributed by atoms with Crippen molar-refractivity contribution in [2.75, 3.05) is 19.6 Å². The second-order valence-electron chi connectivity index (χ2n) is 13.3. The molecule has 0 spiro atoms. The lowest BCUT2D eigenvalue weighted by Gasteiger charge is -2.50. The molecule has 11 nitrogen and oxygen atoms in total. The fraction of sp³-hybridized carbons (Fsp3) is 0.828. The van der Waals surface area contributed by atoms with Crippen LogP contribution in [0.15, 0.2) is 0 Å². The summed E-state index contributed by atoms with van der Waals surface area (Å²) in [7, 11) is 0. The third-order valence-corrected chi connectivity index (χ3v) is 8.89. The molecule has 2 aliphatic heterocycles. The number of imide groups is 3. The molecular weight excluding hydrogens is 516 g/mol. The molecule has 0 aliphatic carbocycles. The second-order valence-corrected chi connectivity index (χ2v) is 13.3. The monoisotopic (exact) mass is 566 g/mol. The van der Waals surface area contributed by atoms with E-state index in [4.69, 9.17) is 0 Å². The zero-order chi connectivity index (χ0) is 31.0. The maximum atomic E-state index is 13.6. The molecule has 2 unspecified atom stereocenters. The van der Waals surface area contributed by atoms with Gasteiger partial charge in [0, 0.05) is 12.1 Å². The molecule has 11 heteroatoms. The van der Waals surface area contributed by atoms with Crippen LogP contribution >= 0.6 is 0 Å². The number of hydrogen-bond acceptors (Lipinski definition) is 7. The summed E-state index contributed by atoms with van der Waals surface area (Å²) in [5.41, 5.74) is -3.71. The van der Waals surface area contributed by atoms with E-state index in [1.807, 2.05) is 34.6 Å². The van der Waals surface area contributed by atoms with Gasteiger partial charge in [0.15, 0.2) is 0 Å². The van der Waals surface area contributed by atoms with Gasteiger partial charge in [-0.25, -0.2) is 9.59 Å². The fourth-order valence-electron chi connectivity index (χ4n) is 5.76. The Morgan fingerprint density at radius 2 is 1.18 bits per heavy atom. The van der Waals surface area contributed by atoms with E-state index in [2.05, 4.69) is 0 Å². The number of carbonyl (C=O) groups excluding carboxylic acids is 5. The van der Waals surface area contributed by atoms with Crippen molar-refractivity contribution in [3.8, 4) is 0 Å². The summed E-state index contributed by atoms with van der Waals surface area (Å²) >= 11 is 0. The number of urea groups is 2. The summed E-state index contributed by atoms with van der Waals surface area (Å²) in [6.07, 6.45) is -0.532. The smallest absolute Gasteiger partial charge is 0.334 e. The second kappa shape index (κ2) is 11.8. The molecule has 2 rings (SSSR count). The van der Waals surface area contributed by atoms with Crippen LogP contribution in [0.3, 0.4) is 0 Å². The number of carbonyl (C=O) groups is 5. The normalized spacial score (nSPS) is 21.6. The molecule has 0 saturated carbocycles. The van der Waals surface area contributed by atoms with Gasteiger partial charge in [0.1, 0.15) is 11.0 Å². The molecular formula is C29H50N4O7. The van der Waals surface area contributed by atoms with Gasteiger partial charge in [-0.2, -0.15) is 0 Å². The van der Waals surface area contributed by atoms with Gasteiger partial charge in [0.2, 0.25) is 11.8 Å². The highest BCUT2D eigenvalue weighted by atomic mass is 16.3. The van der Waals surface area contributed by atoms with E-state index in [0.29, 0.717) is 19.3 Å². The van der Waals surface area contributed by atoms with Crippen LogP contribution in [0.1, 0.15) is 101 Å². The summed E-state index contributed by atoms with van der Waals surface area (Å²) in [4.78, 5) is 71.7. The van der Waals surface area contributed by atoms with Crippen LogP contribution in [0.5, 0.6) is 0 Å². The van der Waals surface area contributed by atoms with Crippen molar-refractivity contribution in [3.63, 3.8) is 0 Å². The number of aliphatic hydroxyl groups is 2. The van der Waals surface area contributed by atoms with Crippen molar-refractivity contribution in [2.24, 2.45) is 10.8 Å². The van der Waals surface area contributed by atoms with Crippen LogP contribution in [-0.2, 0) is 14.4 Å². The molecule has 2 atom stereocenters. The van der Waals surface area contributed by atoms with Crippen molar-refractivity contribution in [1.29, 1.82) is 0 Å². The zero-order valence-corrected chi connectivity index (χ0v) is 26.0. The standard InChI is InChI=1S/C29H50N4O7/c1-11-28(10,12-2)33-23(38)29(13-3,14-4)22(37)31(25(33)40)17-20(35)16-30-21(36)27(8,9)32(24(30)39)18-19(34)15-26(5,6)7/h19-20,34-35H,11-18H2,1-10H3. The number of nitrogens with zero attached hydrogens (tertiary/aromatic N) is 4. The first kappa shape index (κ1) is 33.7. The van der Waals surface area contributed by atoms with Crippen LogP contribution in [0.25, 0.3) is 0 Å². The molecule has 7 amide bonds. The van der Waals surface area contributed by atoms with Crippen molar-refractivity contribution in [1.82, 2.24) is 19.6 Å². The summed E-state index contributed by atoms with van der Waals surface area (Å²) in [6.45, 7) is 17.1. The first-order valence-corrected chi connectivity index (χ1v) is 14.5. The number of hydrogen-bond donors (Lipinski definition) is 2. The summed E-state index contributed by atoms with van der Waals surface area (Å²) in [5, 5.41) is 21.6. The van der Waals surface area contributed by atoms with Crippen molar-refractivity contribution in [2.45, 2.75) is 125 Å². The van der Waals surface area contributed by atoms with Crippen LogP contribution in [0, 0.1) is 10.8 Å². The Labute approximate surface area is 238 Å². The molecule has 0 aromatic rings. The lowest BCUT2D eigenvalue weighted by Crippen LogP contribution is -2.70. The van der Waals surface area contributed by atoms with E-state index < -0.39 is 71.6 Å². The van der Waals surface area contributed by atoms with Crippen molar-refractivity contribution < 1.29 is 34.2 Å². The molecule has 2 N–H and O–H groups in total. The number of rotatable bonds is 12. The van der Waals surface area contributed by atoms with E-state index in [1.54, 1.807) is 34.6 Å². The molecule has 40 heavy (non-hydrogen) atoms. The summed E-state index contributed by atoms with van der Waals surface area (Å²) in [6, 6.07) is -1.46. The van der Waals surface area contributed by atoms with Gasteiger partial charge in [-0.05, 0) is 58.3 Å². The van der Waals surface area contributed by atoms with Gasteiger partial charge in [0.05, 0.1) is 25.3 Å². The lowest BCUT2D eigenvalue weighted by atomic mass is 9.76. The number of amides is 7. The predicted octanol–water partition coefficient (Wildman–Crippen LogP) is 3.36. The minimum absolute atomic E-state index is 0.0518. The Kier molecular flexibility index (Phi) is 9.90. The minimum Gasteiger partial charge on any atom is -0.391 e. The Bertz CT molecular complexity index is 1010. The highest BCUT2D eigenvalue weighted by molar-refractivity contribution is 6.19. The van der Waals surface area contributed by atoms with E-state index >= 15 is 0 Å². The molecule has 2 heterocycles. The maximum Gasteiger partial charge on any atom is 0.334 e. The first-order chi connectivity index (χ1) is 18.3. The predicted molar refractivity (Wildman–Crippen MR) is 150 cm³/mol. The number of barbiturate groups is 1. The Balaban J connectivity index is 2.33. The molecule has 2 fully saturated rings. The van der Waals surface area contributed by atoms with Crippen LogP contribution < -0.4 is 0 Å². The topological polar surface area (TPSA) is 139 Å². The average molecular weight is 567 g/mol. The number of aliphatic hydroxyl groups excluding tert-OH is 2. The first-order valence-electron chi connectivity index (χ1n) is 14.5. The zero-order valence-electron chi connectivity index (χ0n) is 26.0. The largest absolute Gasteiger partial charge is 0.391 e. The van der Waals surface area contributed by atoms with E-state index in [0.717, 1.165) is 9.80 Å². The molecule has 228 valence electrons. The molecule has 0 aromatic heterocycles. The van der Waals surface area contributed by atoms with Crippen LogP contribution in [0.2, 0.25) is 0 Å². The average Bonchev–Trinajstić information content (AvgIpc) is 3.01. The van der Waals surface area contributed by atoms with Crippen LogP contribution in [-0.4, -0.2) is 103 Å². The highest BCUT2D eigenvalue weighted by Gasteiger charge is 2.59. The summed E-state index contributed by atoms with van der Waals surface area (Å²) < 4.78 is 0. The third-order valence-electron chi connectivity index (χ3n) is 8.89. The quantitative estimate of drug-likeness (QED) is 0.273. The van der Waals surface area contributed by atoms with Gasteiger partial charge in [-0.1, -0.05) is 48.5 Å². The van der Waals surface area contributed by atoms with E-state index in [1.165, 1.54) is 9.80 Å². The summed E-state index contributed by atoms with van der Waals surface area (Å²) in [5.74, 6) is -1.75. The van der Waals surface area contributed by atoms with Gasteiger partial charge in [-0.15, -0.1) is 0 Å². The van der Waals surface area contributed by atoms with E-state index in [9.17, 15) is 34.2 Å². The van der Waals surface area contributed by atoms with Gasteiger partial charge in [-0.3, -0.25) is 29.1 Å². The van der Waals surface area contributed by atoms with Crippen LogP contribution in [0.4, 0.5) is 9.59 Å². The molecule has 2 aliphatic rings. The van der Waals surface area contributed by atoms with Crippen molar-refractivity contribution in [3.05, 3.63) is 0 Å². The highest BCUT2D eigenvalue weighted by Crippen LogP contribution is 2.41. The maximum absolute atomic E-state index is 13.6. The molecule has 2 saturated heterocycles. The van der Waals surface area contributed by atoms with Gasteiger partial charge >= 0.3 is 12.1 Å². The SMILES string of the molecule is CCC1(CC)C(=O)N(CC(O)CN2C(=O)N(CC(O)CC(C)(C)C)C(C)(C)C2=O)C(=O)N(C(C)(CC)CC)C1=O. The van der Waals surface area contributed by atoms with Gasteiger partial charge < -0.3 is 15.1 Å². The minimum atomic E-state index is -1.44. The molecule has 0 bridgehead atoms. The molecule has 0 aromatic carbocycles. The Morgan fingerprint density at radius 3 is 1.60 bits per heavy atom. The fourth-order valence-corrected chi connectivity index (χ4v) is 5.76. The van der Waals surface area contributed by atoms with Gasteiger partial charge in [0.25, 0.3) is 5.91 Å². The Hall–Kier alpha value is -2.53. The third kappa shape index (κ3) is 5.91. The van der Waals surface area contributed by atoms with E-state index in [-0.39, 0.29) is 24.8 Å². The Morgan fingerprint density at radius 1 is 0.700 bits per heavy atom. The molecule has 0 radical (unpaired) electrons. The number of β-amino-alcohol motifs (C(OH)–C–C–N with tert-alkyl or cyclic N) is 2.